The minimum absolute atomic E-state index is 0.0134. The van der Waals surface area contributed by atoms with Gasteiger partial charge in [0.05, 0.1) is 18.3 Å². The van der Waals surface area contributed by atoms with E-state index in [1.165, 1.54) is 0 Å². The number of ether oxygens (including phenoxy) is 2. The van der Waals surface area contributed by atoms with Gasteiger partial charge in [-0.15, -0.1) is 0 Å². The number of rotatable bonds is 4. The molecule has 0 amide bonds. The van der Waals surface area contributed by atoms with E-state index in [1.54, 1.807) is 0 Å². The Balaban J connectivity index is 1.81. The lowest BCUT2D eigenvalue weighted by atomic mass is 9.81. The average Bonchev–Trinajstić information content (AvgIpc) is 2.64. The third-order valence-electron chi connectivity index (χ3n) is 4.01. The molecular weight excluding hydrogens is 216 g/mol. The van der Waals surface area contributed by atoms with Crippen LogP contribution in [0, 0.1) is 11.8 Å². The Hall–Kier alpha value is -0.120. The van der Waals surface area contributed by atoms with Crippen molar-refractivity contribution in [1.29, 1.82) is 0 Å². The molecule has 0 saturated carbocycles. The minimum Gasteiger partial charge on any atom is -0.393 e. The fourth-order valence-corrected chi connectivity index (χ4v) is 3.22. The van der Waals surface area contributed by atoms with Crippen LogP contribution in [-0.4, -0.2) is 36.6 Å². The van der Waals surface area contributed by atoms with Gasteiger partial charge in [0, 0.05) is 19.6 Å². The molecule has 3 atom stereocenters. The average molecular weight is 242 g/mol. The van der Waals surface area contributed by atoms with Crippen molar-refractivity contribution in [3.63, 3.8) is 0 Å². The summed E-state index contributed by atoms with van der Waals surface area (Å²) in [4.78, 5) is 0. The molecule has 2 heterocycles. The van der Waals surface area contributed by atoms with Crippen LogP contribution in [0.15, 0.2) is 0 Å². The van der Waals surface area contributed by atoms with Gasteiger partial charge in [0.15, 0.2) is 0 Å². The quantitative estimate of drug-likeness (QED) is 0.822. The van der Waals surface area contributed by atoms with Crippen LogP contribution in [0.1, 0.15) is 46.0 Å². The Morgan fingerprint density at radius 1 is 1.35 bits per heavy atom. The van der Waals surface area contributed by atoms with Crippen LogP contribution < -0.4 is 0 Å². The number of aliphatic hydroxyl groups is 1. The van der Waals surface area contributed by atoms with Crippen molar-refractivity contribution in [2.75, 3.05) is 19.8 Å². The van der Waals surface area contributed by atoms with Crippen LogP contribution in [0.25, 0.3) is 0 Å². The van der Waals surface area contributed by atoms with Gasteiger partial charge < -0.3 is 14.6 Å². The van der Waals surface area contributed by atoms with Crippen LogP contribution in [0.2, 0.25) is 0 Å². The molecule has 0 aromatic rings. The minimum atomic E-state index is -0.141. The fraction of sp³-hybridized carbons (Fsp3) is 1.00. The summed E-state index contributed by atoms with van der Waals surface area (Å²) in [7, 11) is 0. The van der Waals surface area contributed by atoms with E-state index in [0.717, 1.165) is 51.9 Å². The molecule has 1 spiro atoms. The zero-order valence-corrected chi connectivity index (χ0v) is 11.2. The summed E-state index contributed by atoms with van der Waals surface area (Å²) < 4.78 is 11.4. The molecule has 3 heteroatoms. The highest BCUT2D eigenvalue weighted by atomic mass is 16.6. The molecule has 100 valence electrons. The van der Waals surface area contributed by atoms with Crippen molar-refractivity contribution in [1.82, 2.24) is 0 Å². The van der Waals surface area contributed by atoms with Crippen LogP contribution >= 0.6 is 0 Å². The molecule has 2 rings (SSSR count). The van der Waals surface area contributed by atoms with Gasteiger partial charge in [-0.1, -0.05) is 13.8 Å². The van der Waals surface area contributed by atoms with E-state index in [1.807, 2.05) is 0 Å². The van der Waals surface area contributed by atoms with Gasteiger partial charge in [-0.05, 0) is 37.5 Å². The highest BCUT2D eigenvalue weighted by Gasteiger charge is 2.41. The summed E-state index contributed by atoms with van der Waals surface area (Å²) in [5.74, 6) is 1.19. The molecule has 0 aromatic carbocycles. The van der Waals surface area contributed by atoms with Crippen LogP contribution in [-0.2, 0) is 9.47 Å². The zero-order valence-electron chi connectivity index (χ0n) is 11.2. The lowest BCUT2D eigenvalue weighted by Crippen LogP contribution is -2.41. The maximum atomic E-state index is 10.0. The van der Waals surface area contributed by atoms with E-state index in [0.29, 0.717) is 11.8 Å². The topological polar surface area (TPSA) is 38.7 Å². The molecule has 2 saturated heterocycles. The fourth-order valence-electron chi connectivity index (χ4n) is 3.22. The largest absolute Gasteiger partial charge is 0.393 e. The molecule has 3 nitrogen and oxygen atoms in total. The van der Waals surface area contributed by atoms with E-state index in [9.17, 15) is 5.11 Å². The predicted molar refractivity (Wildman–Crippen MR) is 66.9 cm³/mol. The smallest absolute Gasteiger partial charge is 0.0939 e. The second kappa shape index (κ2) is 5.68. The number of aliphatic hydroxyl groups excluding tert-OH is 1. The number of hydrogen-bond acceptors (Lipinski definition) is 3. The first kappa shape index (κ1) is 13.3. The van der Waals surface area contributed by atoms with Crippen molar-refractivity contribution in [2.24, 2.45) is 11.8 Å². The van der Waals surface area contributed by atoms with E-state index < -0.39 is 0 Å². The Kier molecular flexibility index (Phi) is 4.45. The van der Waals surface area contributed by atoms with Gasteiger partial charge in [-0.25, -0.2) is 0 Å². The molecular formula is C14H26O3. The van der Waals surface area contributed by atoms with E-state index in [2.05, 4.69) is 13.8 Å². The van der Waals surface area contributed by atoms with Crippen LogP contribution in [0.4, 0.5) is 0 Å². The second-order valence-corrected chi connectivity index (χ2v) is 6.21. The number of hydrogen-bond donors (Lipinski definition) is 1. The summed E-state index contributed by atoms with van der Waals surface area (Å²) in [6, 6.07) is 0. The Morgan fingerprint density at radius 2 is 2.18 bits per heavy atom. The molecule has 1 N–H and O–H groups in total. The zero-order chi connectivity index (χ0) is 12.3. The van der Waals surface area contributed by atoms with E-state index in [-0.39, 0.29) is 11.7 Å². The molecule has 0 bridgehead atoms. The van der Waals surface area contributed by atoms with Crippen LogP contribution in [0.3, 0.4) is 0 Å². The first-order valence-corrected chi connectivity index (χ1v) is 6.99. The Labute approximate surface area is 104 Å². The third kappa shape index (κ3) is 3.67. The van der Waals surface area contributed by atoms with Crippen molar-refractivity contribution >= 4 is 0 Å². The van der Waals surface area contributed by atoms with Gasteiger partial charge in [-0.3, -0.25) is 0 Å². The van der Waals surface area contributed by atoms with Crippen molar-refractivity contribution in [3.05, 3.63) is 0 Å². The first-order valence-electron chi connectivity index (χ1n) is 6.99. The van der Waals surface area contributed by atoms with Gasteiger partial charge in [0.1, 0.15) is 0 Å². The van der Waals surface area contributed by atoms with Crippen LogP contribution in [0.5, 0.6) is 0 Å². The van der Waals surface area contributed by atoms with Crippen molar-refractivity contribution in [2.45, 2.75) is 57.7 Å². The summed E-state index contributed by atoms with van der Waals surface area (Å²) in [6.45, 7) is 6.76. The van der Waals surface area contributed by atoms with Gasteiger partial charge in [0.2, 0.25) is 0 Å². The third-order valence-corrected chi connectivity index (χ3v) is 4.01. The van der Waals surface area contributed by atoms with E-state index >= 15 is 0 Å². The SMILES string of the molecule is CC(C)CC(O)CC1CCOC2(CCOC2)C1. The maximum absolute atomic E-state index is 10.0. The molecule has 0 radical (unpaired) electrons. The summed E-state index contributed by atoms with van der Waals surface area (Å²) in [6.07, 6.45) is 4.91. The lowest BCUT2D eigenvalue weighted by Gasteiger charge is -2.37. The molecule has 17 heavy (non-hydrogen) atoms. The van der Waals surface area contributed by atoms with Gasteiger partial charge >= 0.3 is 0 Å². The maximum Gasteiger partial charge on any atom is 0.0939 e. The highest BCUT2D eigenvalue weighted by Crippen LogP contribution is 2.37. The summed E-state index contributed by atoms with van der Waals surface area (Å²) in [5.41, 5.74) is -0.0134. The Morgan fingerprint density at radius 3 is 2.82 bits per heavy atom. The molecule has 3 unspecified atom stereocenters. The molecule has 2 aliphatic heterocycles. The van der Waals surface area contributed by atoms with Gasteiger partial charge in [-0.2, -0.15) is 0 Å². The summed E-state index contributed by atoms with van der Waals surface area (Å²) >= 11 is 0. The lowest BCUT2D eigenvalue weighted by molar-refractivity contribution is -0.103. The van der Waals surface area contributed by atoms with Gasteiger partial charge in [0.25, 0.3) is 0 Å². The standard InChI is InChI=1S/C14H26O3/c1-11(2)7-13(15)8-12-3-5-17-14(9-12)4-6-16-10-14/h11-13,15H,3-10H2,1-2H3. The van der Waals surface area contributed by atoms with E-state index in [4.69, 9.17) is 9.47 Å². The first-order chi connectivity index (χ1) is 8.10. The molecule has 2 fully saturated rings. The molecule has 0 aromatic heterocycles. The molecule has 0 aliphatic carbocycles. The van der Waals surface area contributed by atoms with Crippen molar-refractivity contribution < 1.29 is 14.6 Å². The summed E-state index contributed by atoms with van der Waals surface area (Å²) in [5, 5.41) is 10.0. The normalized spacial score (nSPS) is 35.6. The highest BCUT2D eigenvalue weighted by molar-refractivity contribution is 4.90. The second-order valence-electron chi connectivity index (χ2n) is 6.21. The van der Waals surface area contributed by atoms with Crippen molar-refractivity contribution in [3.8, 4) is 0 Å². The monoisotopic (exact) mass is 242 g/mol. The predicted octanol–water partition coefficient (Wildman–Crippen LogP) is 2.37. The Bertz CT molecular complexity index is 234. The molecule has 2 aliphatic rings.